The van der Waals surface area contributed by atoms with Gasteiger partial charge in [0.1, 0.15) is 18.1 Å². The van der Waals surface area contributed by atoms with Gasteiger partial charge >= 0.3 is 0 Å². The SMILES string of the molecule is CNS(=O)(=O)c1cc2c(cc1Br)OCCO2. The molecule has 0 aromatic heterocycles. The molecule has 0 fully saturated rings. The van der Waals surface area contributed by atoms with Gasteiger partial charge in [0.25, 0.3) is 0 Å². The number of halogens is 1. The summed E-state index contributed by atoms with van der Waals surface area (Å²) in [6, 6.07) is 3.04. The van der Waals surface area contributed by atoms with Crippen molar-refractivity contribution < 1.29 is 17.9 Å². The molecule has 7 heteroatoms. The van der Waals surface area contributed by atoms with Crippen LogP contribution in [-0.4, -0.2) is 28.7 Å². The van der Waals surface area contributed by atoms with Crippen molar-refractivity contribution in [3.63, 3.8) is 0 Å². The van der Waals surface area contributed by atoms with Crippen molar-refractivity contribution in [1.82, 2.24) is 4.72 Å². The summed E-state index contributed by atoms with van der Waals surface area (Å²) < 4.78 is 36.7. The van der Waals surface area contributed by atoms with E-state index in [4.69, 9.17) is 9.47 Å². The van der Waals surface area contributed by atoms with Crippen LogP contribution in [0.25, 0.3) is 0 Å². The molecule has 0 saturated heterocycles. The second-order valence-corrected chi connectivity index (χ2v) is 5.84. The molecule has 16 heavy (non-hydrogen) atoms. The topological polar surface area (TPSA) is 64.6 Å². The molecule has 1 aliphatic heterocycles. The summed E-state index contributed by atoms with van der Waals surface area (Å²) in [6.45, 7) is 0.894. The van der Waals surface area contributed by atoms with Gasteiger partial charge in [0.2, 0.25) is 10.0 Å². The Balaban J connectivity index is 2.56. The lowest BCUT2D eigenvalue weighted by atomic mass is 10.3. The zero-order valence-corrected chi connectivity index (χ0v) is 10.9. The van der Waals surface area contributed by atoms with Gasteiger partial charge in [-0.25, -0.2) is 13.1 Å². The van der Waals surface area contributed by atoms with Crippen molar-refractivity contribution in [1.29, 1.82) is 0 Å². The van der Waals surface area contributed by atoms with Crippen LogP contribution >= 0.6 is 15.9 Å². The van der Waals surface area contributed by atoms with E-state index < -0.39 is 10.0 Å². The standard InChI is InChI=1S/C9H10BrNO4S/c1-11-16(12,13)9-5-8-7(4-6(9)10)14-2-3-15-8/h4-5,11H,2-3H2,1H3. The van der Waals surface area contributed by atoms with Crippen molar-refractivity contribution >= 4 is 26.0 Å². The Morgan fingerprint density at radius 2 is 1.81 bits per heavy atom. The highest BCUT2D eigenvalue weighted by molar-refractivity contribution is 9.10. The van der Waals surface area contributed by atoms with E-state index >= 15 is 0 Å². The molecule has 1 aliphatic rings. The van der Waals surface area contributed by atoms with Gasteiger partial charge in [-0.15, -0.1) is 0 Å². The largest absolute Gasteiger partial charge is 0.486 e. The fourth-order valence-corrected chi connectivity index (χ4v) is 3.12. The zero-order chi connectivity index (χ0) is 11.8. The number of nitrogens with one attached hydrogen (secondary N) is 1. The average molecular weight is 308 g/mol. The summed E-state index contributed by atoms with van der Waals surface area (Å²) in [7, 11) is -2.14. The number of sulfonamides is 1. The molecule has 0 bridgehead atoms. The van der Waals surface area contributed by atoms with Gasteiger partial charge in [0, 0.05) is 10.5 Å². The van der Waals surface area contributed by atoms with Gasteiger partial charge in [0.05, 0.1) is 0 Å². The van der Waals surface area contributed by atoms with E-state index in [0.717, 1.165) is 0 Å². The quantitative estimate of drug-likeness (QED) is 0.889. The highest BCUT2D eigenvalue weighted by Crippen LogP contribution is 2.37. The number of fused-ring (bicyclic) bond motifs is 1. The summed E-state index contributed by atoms with van der Waals surface area (Å²) in [5, 5.41) is 0. The van der Waals surface area contributed by atoms with Crippen LogP contribution in [0.2, 0.25) is 0 Å². The predicted octanol–water partition coefficient (Wildman–Crippen LogP) is 1.13. The minimum atomic E-state index is -3.49. The van der Waals surface area contributed by atoms with Crippen molar-refractivity contribution in [2.75, 3.05) is 20.3 Å². The molecule has 0 atom stereocenters. The number of rotatable bonds is 2. The summed E-state index contributed by atoms with van der Waals surface area (Å²) in [5.41, 5.74) is 0. The fraction of sp³-hybridized carbons (Fsp3) is 0.333. The maximum Gasteiger partial charge on any atom is 0.241 e. The van der Waals surface area contributed by atoms with Gasteiger partial charge in [0.15, 0.2) is 11.5 Å². The average Bonchev–Trinajstić information content (AvgIpc) is 2.28. The molecule has 0 aliphatic carbocycles. The molecule has 0 amide bonds. The van der Waals surface area contributed by atoms with Crippen LogP contribution in [0.4, 0.5) is 0 Å². The highest BCUT2D eigenvalue weighted by atomic mass is 79.9. The van der Waals surface area contributed by atoms with Crippen LogP contribution < -0.4 is 14.2 Å². The number of hydrogen-bond donors (Lipinski definition) is 1. The first-order valence-corrected chi connectivity index (χ1v) is 6.85. The van der Waals surface area contributed by atoms with Crippen LogP contribution in [0.1, 0.15) is 0 Å². The van der Waals surface area contributed by atoms with Crippen LogP contribution in [-0.2, 0) is 10.0 Å². The molecule has 0 unspecified atom stereocenters. The molecular weight excluding hydrogens is 298 g/mol. The summed E-state index contributed by atoms with van der Waals surface area (Å²) >= 11 is 3.20. The molecule has 1 heterocycles. The second kappa shape index (κ2) is 4.23. The number of ether oxygens (including phenoxy) is 2. The van der Waals surface area contributed by atoms with E-state index in [1.54, 1.807) is 6.07 Å². The van der Waals surface area contributed by atoms with E-state index in [-0.39, 0.29) is 4.90 Å². The third kappa shape index (κ3) is 2.02. The van der Waals surface area contributed by atoms with Crippen molar-refractivity contribution in [3.05, 3.63) is 16.6 Å². The lowest BCUT2D eigenvalue weighted by Crippen LogP contribution is -2.20. The second-order valence-electron chi connectivity index (χ2n) is 3.13. The van der Waals surface area contributed by atoms with Crippen LogP contribution in [0.15, 0.2) is 21.5 Å². The molecule has 5 nitrogen and oxygen atoms in total. The minimum Gasteiger partial charge on any atom is -0.486 e. The van der Waals surface area contributed by atoms with Gasteiger partial charge in [-0.1, -0.05) is 0 Å². The van der Waals surface area contributed by atoms with Crippen LogP contribution in [0.3, 0.4) is 0 Å². The van der Waals surface area contributed by atoms with E-state index in [1.165, 1.54) is 13.1 Å². The Kier molecular flexibility index (Phi) is 3.09. The van der Waals surface area contributed by atoms with Crippen molar-refractivity contribution in [2.24, 2.45) is 0 Å². The molecule has 88 valence electrons. The third-order valence-electron chi connectivity index (χ3n) is 2.15. The first-order chi connectivity index (χ1) is 7.54. The molecular formula is C9H10BrNO4S. The first-order valence-electron chi connectivity index (χ1n) is 4.57. The maximum absolute atomic E-state index is 11.7. The zero-order valence-electron chi connectivity index (χ0n) is 8.49. The molecule has 2 rings (SSSR count). The summed E-state index contributed by atoms with van der Waals surface area (Å²) in [4.78, 5) is 0.138. The van der Waals surface area contributed by atoms with E-state index in [9.17, 15) is 8.42 Å². The molecule has 0 saturated carbocycles. The lowest BCUT2D eigenvalue weighted by Gasteiger charge is -2.19. The van der Waals surface area contributed by atoms with Gasteiger partial charge in [-0.3, -0.25) is 0 Å². The van der Waals surface area contributed by atoms with Crippen molar-refractivity contribution in [3.8, 4) is 11.5 Å². The molecule has 0 spiro atoms. The van der Waals surface area contributed by atoms with Crippen LogP contribution in [0.5, 0.6) is 11.5 Å². The van der Waals surface area contributed by atoms with Gasteiger partial charge in [-0.05, 0) is 29.0 Å². The van der Waals surface area contributed by atoms with Gasteiger partial charge < -0.3 is 9.47 Å². The maximum atomic E-state index is 11.7. The summed E-state index contributed by atoms with van der Waals surface area (Å²) in [5.74, 6) is 0.997. The summed E-state index contributed by atoms with van der Waals surface area (Å²) in [6.07, 6.45) is 0. The van der Waals surface area contributed by atoms with Crippen LogP contribution in [0, 0.1) is 0 Å². The smallest absolute Gasteiger partial charge is 0.241 e. The van der Waals surface area contributed by atoms with Gasteiger partial charge in [-0.2, -0.15) is 0 Å². The first kappa shape index (κ1) is 11.7. The molecule has 0 radical (unpaired) electrons. The Labute approximate surface area is 102 Å². The predicted molar refractivity (Wildman–Crippen MR) is 61.4 cm³/mol. The fourth-order valence-electron chi connectivity index (χ4n) is 1.36. The normalized spacial score (nSPS) is 14.9. The third-order valence-corrected chi connectivity index (χ3v) is 4.53. The Bertz CT molecular complexity index is 514. The Hall–Kier alpha value is -0.790. The highest BCUT2D eigenvalue weighted by Gasteiger charge is 2.21. The lowest BCUT2D eigenvalue weighted by molar-refractivity contribution is 0.171. The van der Waals surface area contributed by atoms with E-state index in [1.807, 2.05) is 0 Å². The minimum absolute atomic E-state index is 0.138. The number of hydrogen-bond acceptors (Lipinski definition) is 4. The Morgan fingerprint density at radius 1 is 1.25 bits per heavy atom. The molecule has 1 aromatic rings. The molecule has 1 N–H and O–H groups in total. The molecule has 1 aromatic carbocycles. The Morgan fingerprint density at radius 3 is 2.38 bits per heavy atom. The van der Waals surface area contributed by atoms with E-state index in [2.05, 4.69) is 20.7 Å². The monoisotopic (exact) mass is 307 g/mol. The van der Waals surface area contributed by atoms with Crippen molar-refractivity contribution in [2.45, 2.75) is 4.90 Å². The number of benzene rings is 1. The van der Waals surface area contributed by atoms with E-state index in [0.29, 0.717) is 29.2 Å².